The van der Waals surface area contributed by atoms with E-state index >= 15 is 0 Å². The molecule has 1 N–H and O–H groups in total. The van der Waals surface area contributed by atoms with Gasteiger partial charge >= 0.3 is 0 Å². The quantitative estimate of drug-likeness (QED) is 0.299. The zero-order valence-corrected chi connectivity index (χ0v) is 20.4. The van der Waals surface area contributed by atoms with Crippen molar-refractivity contribution in [2.75, 3.05) is 4.90 Å². The van der Waals surface area contributed by atoms with Crippen LogP contribution in [-0.4, -0.2) is 10.1 Å². The summed E-state index contributed by atoms with van der Waals surface area (Å²) in [6.07, 6.45) is 1.79. The van der Waals surface area contributed by atoms with E-state index in [1.54, 1.807) is 12.3 Å². The molecule has 33 heavy (non-hydrogen) atoms. The molecule has 7 heteroatoms. The van der Waals surface area contributed by atoms with Gasteiger partial charge in [0.25, 0.3) is 0 Å². The van der Waals surface area contributed by atoms with Gasteiger partial charge in [-0.1, -0.05) is 41.4 Å². The van der Waals surface area contributed by atoms with Crippen molar-refractivity contribution in [1.82, 2.24) is 10.3 Å². The van der Waals surface area contributed by atoms with Gasteiger partial charge in [0.15, 0.2) is 5.11 Å². The van der Waals surface area contributed by atoms with Gasteiger partial charge in [-0.05, 0) is 85.7 Å². The van der Waals surface area contributed by atoms with Gasteiger partial charge in [0.05, 0.1) is 21.8 Å². The molecule has 1 saturated heterocycles. The molecule has 0 bridgehead atoms. The van der Waals surface area contributed by atoms with Crippen LogP contribution >= 0.6 is 35.4 Å². The number of thiocarbonyl (C=S) groups is 1. The van der Waals surface area contributed by atoms with Gasteiger partial charge in [-0.15, -0.1) is 0 Å². The highest BCUT2D eigenvalue weighted by Gasteiger charge is 2.42. The fourth-order valence-electron chi connectivity index (χ4n) is 4.15. The van der Waals surface area contributed by atoms with Gasteiger partial charge in [0.2, 0.25) is 0 Å². The molecule has 3 heterocycles. The Bertz CT molecular complexity index is 1340. The van der Waals surface area contributed by atoms with E-state index in [1.165, 1.54) is 11.1 Å². The standard InChI is InChI=1S/C26H21Cl2N3OS/c1-15-9-10-17(14-16(15)2)31-25(24(30-26(31)33)20-8-3-4-13-29-20)22-12-11-21(32-22)18-6-5-7-19(27)23(18)28/h3-14,24-25H,1-2H3,(H,30,33). The molecule has 1 aliphatic heterocycles. The zero-order valence-electron chi connectivity index (χ0n) is 18.0. The molecule has 2 atom stereocenters. The van der Waals surface area contributed by atoms with Gasteiger partial charge in [0, 0.05) is 17.4 Å². The van der Waals surface area contributed by atoms with E-state index in [9.17, 15) is 0 Å². The van der Waals surface area contributed by atoms with Crippen molar-refractivity contribution in [3.8, 4) is 11.3 Å². The maximum atomic E-state index is 6.46. The summed E-state index contributed by atoms with van der Waals surface area (Å²) in [7, 11) is 0. The van der Waals surface area contributed by atoms with Crippen molar-refractivity contribution >= 4 is 46.2 Å². The molecule has 4 aromatic rings. The maximum absolute atomic E-state index is 6.46. The molecule has 0 amide bonds. The first-order chi connectivity index (χ1) is 15.9. The third-order valence-electron chi connectivity index (χ3n) is 6.00. The molecule has 0 radical (unpaired) electrons. The predicted octanol–water partition coefficient (Wildman–Crippen LogP) is 7.44. The molecule has 0 spiro atoms. The highest BCUT2D eigenvalue weighted by Crippen LogP contribution is 2.44. The molecular weight excluding hydrogens is 473 g/mol. The van der Waals surface area contributed by atoms with Gasteiger partial charge in [-0.3, -0.25) is 4.98 Å². The van der Waals surface area contributed by atoms with Crippen LogP contribution in [0.25, 0.3) is 11.3 Å². The summed E-state index contributed by atoms with van der Waals surface area (Å²) < 4.78 is 6.38. The summed E-state index contributed by atoms with van der Waals surface area (Å²) in [5.74, 6) is 1.40. The van der Waals surface area contributed by atoms with Gasteiger partial charge in [-0.2, -0.15) is 0 Å². The second-order valence-electron chi connectivity index (χ2n) is 8.07. The summed E-state index contributed by atoms with van der Waals surface area (Å²) in [5, 5.41) is 5.03. The zero-order chi connectivity index (χ0) is 23.1. The summed E-state index contributed by atoms with van der Waals surface area (Å²) in [6, 6.07) is 21.2. The van der Waals surface area contributed by atoms with Crippen molar-refractivity contribution in [1.29, 1.82) is 0 Å². The summed E-state index contributed by atoms with van der Waals surface area (Å²) in [6.45, 7) is 4.20. The van der Waals surface area contributed by atoms with E-state index in [4.69, 9.17) is 39.8 Å². The lowest BCUT2D eigenvalue weighted by Crippen LogP contribution is -2.29. The first-order valence-electron chi connectivity index (χ1n) is 10.6. The van der Waals surface area contributed by atoms with Crippen LogP contribution in [0.15, 0.2) is 77.3 Å². The van der Waals surface area contributed by atoms with E-state index in [2.05, 4.69) is 47.2 Å². The minimum atomic E-state index is -0.235. The number of aromatic nitrogens is 1. The van der Waals surface area contributed by atoms with Crippen LogP contribution in [0.5, 0.6) is 0 Å². The lowest BCUT2D eigenvalue weighted by molar-refractivity contribution is 0.439. The van der Waals surface area contributed by atoms with Crippen LogP contribution < -0.4 is 10.2 Å². The molecule has 166 valence electrons. The van der Waals surface area contributed by atoms with Crippen LogP contribution in [-0.2, 0) is 0 Å². The second kappa shape index (κ2) is 8.82. The number of pyridine rings is 1. The SMILES string of the molecule is Cc1ccc(N2C(=S)NC(c3ccccn3)C2c2ccc(-c3cccc(Cl)c3Cl)o2)cc1C. The van der Waals surface area contributed by atoms with E-state index in [1.807, 2.05) is 42.5 Å². The van der Waals surface area contributed by atoms with Crippen LogP contribution in [0.4, 0.5) is 5.69 Å². The molecular formula is C26H21Cl2N3OS. The van der Waals surface area contributed by atoms with Crippen LogP contribution in [0.3, 0.4) is 0 Å². The first-order valence-corrected chi connectivity index (χ1v) is 11.7. The van der Waals surface area contributed by atoms with Crippen LogP contribution in [0.1, 0.15) is 34.7 Å². The van der Waals surface area contributed by atoms with Crippen molar-refractivity contribution in [2.45, 2.75) is 25.9 Å². The second-order valence-corrected chi connectivity index (χ2v) is 9.24. The Labute approximate surface area is 208 Å². The van der Waals surface area contributed by atoms with Crippen LogP contribution in [0.2, 0.25) is 10.0 Å². The monoisotopic (exact) mass is 493 g/mol. The summed E-state index contributed by atoms with van der Waals surface area (Å²) in [4.78, 5) is 6.69. The van der Waals surface area contributed by atoms with Gasteiger partial charge < -0.3 is 14.6 Å². The topological polar surface area (TPSA) is 41.3 Å². The lowest BCUT2D eigenvalue weighted by Gasteiger charge is -2.26. The number of halogens is 2. The third kappa shape index (κ3) is 4.01. The number of nitrogens with one attached hydrogen (secondary N) is 1. The fourth-order valence-corrected chi connectivity index (χ4v) is 4.89. The Morgan fingerprint density at radius 1 is 0.970 bits per heavy atom. The van der Waals surface area contributed by atoms with Gasteiger partial charge in [-0.25, -0.2) is 0 Å². The Balaban J connectivity index is 1.62. The molecule has 2 unspecified atom stereocenters. The molecule has 2 aromatic heterocycles. The number of hydrogen-bond donors (Lipinski definition) is 1. The van der Waals surface area contributed by atoms with E-state index < -0.39 is 0 Å². The number of nitrogens with zero attached hydrogens (tertiary/aromatic N) is 2. The Kier molecular flexibility index (Phi) is 5.87. The van der Waals surface area contributed by atoms with Crippen molar-refractivity contribution < 1.29 is 4.42 Å². The summed E-state index contributed by atoms with van der Waals surface area (Å²) in [5.41, 5.74) is 5.05. The van der Waals surface area contributed by atoms with E-state index in [-0.39, 0.29) is 12.1 Å². The number of hydrogen-bond acceptors (Lipinski definition) is 3. The molecule has 1 aliphatic rings. The first kappa shape index (κ1) is 22.0. The predicted molar refractivity (Wildman–Crippen MR) is 138 cm³/mol. The highest BCUT2D eigenvalue weighted by atomic mass is 35.5. The Hall–Kier alpha value is -2.86. The lowest BCUT2D eigenvalue weighted by atomic mass is 10.0. The molecule has 0 aliphatic carbocycles. The third-order valence-corrected chi connectivity index (χ3v) is 7.14. The number of benzene rings is 2. The molecule has 2 aromatic carbocycles. The van der Waals surface area contributed by atoms with Crippen molar-refractivity contribution in [3.05, 3.63) is 106 Å². The number of anilines is 1. The maximum Gasteiger partial charge on any atom is 0.174 e. The van der Waals surface area contributed by atoms with Gasteiger partial charge in [0.1, 0.15) is 17.6 Å². The van der Waals surface area contributed by atoms with E-state index in [0.29, 0.717) is 20.9 Å². The minimum Gasteiger partial charge on any atom is -0.459 e. The van der Waals surface area contributed by atoms with Crippen molar-refractivity contribution in [2.24, 2.45) is 0 Å². The smallest absolute Gasteiger partial charge is 0.174 e. The van der Waals surface area contributed by atoms with Crippen molar-refractivity contribution in [3.63, 3.8) is 0 Å². The molecule has 5 rings (SSSR count). The van der Waals surface area contributed by atoms with E-state index in [0.717, 1.165) is 22.7 Å². The molecule has 0 saturated carbocycles. The average Bonchev–Trinajstić information content (AvgIpc) is 3.43. The largest absolute Gasteiger partial charge is 0.459 e. The number of rotatable bonds is 4. The highest BCUT2D eigenvalue weighted by molar-refractivity contribution is 7.80. The minimum absolute atomic E-state index is 0.186. The Morgan fingerprint density at radius 3 is 2.58 bits per heavy atom. The number of furan rings is 1. The Morgan fingerprint density at radius 2 is 1.82 bits per heavy atom. The number of aryl methyl sites for hydroxylation is 2. The molecule has 1 fully saturated rings. The normalized spacial score (nSPS) is 17.9. The summed E-state index contributed by atoms with van der Waals surface area (Å²) >= 11 is 18.5. The fraction of sp³-hybridized carbons (Fsp3) is 0.154. The average molecular weight is 494 g/mol. The molecule has 4 nitrogen and oxygen atoms in total. The van der Waals surface area contributed by atoms with Crippen LogP contribution in [0, 0.1) is 13.8 Å².